The molecule has 1 N–H and O–H groups in total. The highest BCUT2D eigenvalue weighted by molar-refractivity contribution is 6.06. The van der Waals surface area contributed by atoms with Crippen LogP contribution in [-0.2, 0) is 13.1 Å². The number of anilines is 1. The van der Waals surface area contributed by atoms with Gasteiger partial charge in [0.15, 0.2) is 0 Å². The zero-order chi connectivity index (χ0) is 25.5. The predicted octanol–water partition coefficient (Wildman–Crippen LogP) is 6.01. The van der Waals surface area contributed by atoms with E-state index in [2.05, 4.69) is 41.9 Å². The van der Waals surface area contributed by atoms with Gasteiger partial charge in [-0.3, -0.25) is 14.7 Å². The summed E-state index contributed by atoms with van der Waals surface area (Å²) in [7, 11) is 0. The van der Waals surface area contributed by atoms with E-state index in [4.69, 9.17) is 0 Å². The fourth-order valence-corrected chi connectivity index (χ4v) is 5.10. The normalized spacial score (nSPS) is 15.4. The Morgan fingerprint density at radius 1 is 0.833 bits per heavy atom. The van der Waals surface area contributed by atoms with Gasteiger partial charge in [-0.15, -0.1) is 0 Å². The monoisotopic (exact) mass is 485 g/mol. The number of hydrogen-bond donors (Lipinski definition) is 1. The molecule has 1 aromatic heterocycles. The Hall–Kier alpha value is -3.51. The standard InChI is InChI=1S/C30H35N3O3/c1-22-16-23(2)18-24(17-22)20-32-14-6-4-3-5-7-15-33(29(34)25-10-12-31-13-11-25)28-9-8-26(30(35)36)19-27(28)21-32/h8-13,16-19H,3-7,14-15,20-21H2,1-2H3,(H,35,36). The molecule has 0 spiro atoms. The molecule has 0 saturated heterocycles. The first kappa shape index (κ1) is 25.6. The molecule has 2 aromatic carbocycles. The van der Waals surface area contributed by atoms with Gasteiger partial charge in [-0.05, 0) is 74.7 Å². The number of aryl methyl sites for hydroxylation is 2. The summed E-state index contributed by atoms with van der Waals surface area (Å²) in [5.41, 5.74) is 6.19. The number of benzene rings is 2. The number of aromatic carboxylic acids is 1. The molecule has 0 radical (unpaired) electrons. The fraction of sp³-hybridized carbons (Fsp3) is 0.367. The summed E-state index contributed by atoms with van der Waals surface area (Å²) in [6, 6.07) is 15.2. The smallest absolute Gasteiger partial charge is 0.335 e. The Labute approximate surface area is 213 Å². The first-order valence-corrected chi connectivity index (χ1v) is 12.8. The van der Waals surface area contributed by atoms with Crippen LogP contribution in [0.15, 0.2) is 60.9 Å². The minimum Gasteiger partial charge on any atom is -0.478 e. The van der Waals surface area contributed by atoms with Crippen molar-refractivity contribution in [2.75, 3.05) is 18.0 Å². The summed E-state index contributed by atoms with van der Waals surface area (Å²) in [4.78, 5) is 33.7. The summed E-state index contributed by atoms with van der Waals surface area (Å²) in [5.74, 6) is -1.04. The second kappa shape index (κ2) is 12.0. The summed E-state index contributed by atoms with van der Waals surface area (Å²) in [6.07, 6.45) is 8.60. The first-order chi connectivity index (χ1) is 17.4. The number of pyridine rings is 1. The van der Waals surface area contributed by atoms with Gasteiger partial charge in [-0.2, -0.15) is 0 Å². The quantitative estimate of drug-likeness (QED) is 0.490. The summed E-state index contributed by atoms with van der Waals surface area (Å²) >= 11 is 0. The van der Waals surface area contributed by atoms with Crippen LogP contribution >= 0.6 is 0 Å². The predicted molar refractivity (Wildman–Crippen MR) is 142 cm³/mol. The molecule has 0 unspecified atom stereocenters. The maximum absolute atomic E-state index is 13.6. The van der Waals surface area contributed by atoms with Crippen LogP contribution in [-0.4, -0.2) is 40.0 Å². The van der Waals surface area contributed by atoms with Crippen LogP contribution in [0.1, 0.15) is 75.1 Å². The van der Waals surface area contributed by atoms with E-state index < -0.39 is 5.97 Å². The lowest BCUT2D eigenvalue weighted by molar-refractivity contribution is 0.0696. The molecule has 0 aliphatic carbocycles. The van der Waals surface area contributed by atoms with Crippen LogP contribution in [0, 0.1) is 13.8 Å². The molecule has 1 amide bonds. The molecule has 0 saturated carbocycles. The Morgan fingerprint density at radius 2 is 1.50 bits per heavy atom. The zero-order valence-corrected chi connectivity index (χ0v) is 21.2. The Morgan fingerprint density at radius 3 is 2.19 bits per heavy atom. The third-order valence-corrected chi connectivity index (χ3v) is 6.73. The lowest BCUT2D eigenvalue weighted by atomic mass is 10.0. The van der Waals surface area contributed by atoms with Gasteiger partial charge in [0.05, 0.1) is 5.56 Å². The van der Waals surface area contributed by atoms with Crippen LogP contribution in [0.4, 0.5) is 5.69 Å². The number of carbonyl (C=O) groups is 2. The van der Waals surface area contributed by atoms with Gasteiger partial charge in [0.1, 0.15) is 0 Å². The highest BCUT2D eigenvalue weighted by Gasteiger charge is 2.23. The molecule has 188 valence electrons. The minimum absolute atomic E-state index is 0.0837. The largest absolute Gasteiger partial charge is 0.478 e. The zero-order valence-electron chi connectivity index (χ0n) is 21.2. The van der Waals surface area contributed by atoms with E-state index in [9.17, 15) is 14.7 Å². The van der Waals surface area contributed by atoms with E-state index >= 15 is 0 Å². The molecule has 0 fully saturated rings. The van der Waals surface area contributed by atoms with Crippen molar-refractivity contribution in [2.24, 2.45) is 0 Å². The number of hydrogen-bond acceptors (Lipinski definition) is 4. The molecule has 1 aliphatic rings. The molecule has 3 aromatic rings. The van der Waals surface area contributed by atoms with E-state index in [1.54, 1.807) is 42.7 Å². The Bertz CT molecular complexity index is 1190. The van der Waals surface area contributed by atoms with Gasteiger partial charge in [0.2, 0.25) is 0 Å². The van der Waals surface area contributed by atoms with Gasteiger partial charge < -0.3 is 10.0 Å². The van der Waals surface area contributed by atoms with E-state index in [-0.39, 0.29) is 11.5 Å². The van der Waals surface area contributed by atoms with Crippen LogP contribution in [0.3, 0.4) is 0 Å². The van der Waals surface area contributed by atoms with Gasteiger partial charge >= 0.3 is 5.97 Å². The first-order valence-electron chi connectivity index (χ1n) is 12.8. The summed E-state index contributed by atoms with van der Waals surface area (Å²) in [6.45, 7) is 7.09. The molecule has 0 bridgehead atoms. The number of aromatic nitrogens is 1. The van der Waals surface area contributed by atoms with Gasteiger partial charge in [0, 0.05) is 43.3 Å². The average Bonchev–Trinajstić information content (AvgIpc) is 2.84. The summed E-state index contributed by atoms with van der Waals surface area (Å²) in [5, 5.41) is 9.71. The third kappa shape index (κ3) is 6.58. The Kier molecular flexibility index (Phi) is 8.49. The number of carboxylic acid groups (broad SMARTS) is 1. The lowest BCUT2D eigenvalue weighted by Gasteiger charge is -2.30. The van der Waals surface area contributed by atoms with Crippen molar-refractivity contribution in [3.63, 3.8) is 0 Å². The van der Waals surface area contributed by atoms with Crippen LogP contribution in [0.2, 0.25) is 0 Å². The van der Waals surface area contributed by atoms with Gasteiger partial charge in [-0.25, -0.2) is 4.79 Å². The molecule has 4 rings (SSSR count). The van der Waals surface area contributed by atoms with Crippen molar-refractivity contribution < 1.29 is 14.7 Å². The second-order valence-electron chi connectivity index (χ2n) is 9.82. The van der Waals surface area contributed by atoms with Crippen LogP contribution in [0.5, 0.6) is 0 Å². The van der Waals surface area contributed by atoms with Crippen molar-refractivity contribution in [2.45, 2.75) is 59.0 Å². The van der Waals surface area contributed by atoms with Gasteiger partial charge in [0.25, 0.3) is 5.91 Å². The molecule has 0 atom stereocenters. The van der Waals surface area contributed by atoms with Gasteiger partial charge in [-0.1, -0.05) is 48.6 Å². The highest BCUT2D eigenvalue weighted by atomic mass is 16.4. The van der Waals surface area contributed by atoms with E-state index in [0.29, 0.717) is 18.7 Å². The SMILES string of the molecule is Cc1cc(C)cc(CN2CCCCCCCN(C(=O)c3ccncc3)c3ccc(C(=O)O)cc3C2)c1. The molecule has 6 heteroatoms. The van der Waals surface area contributed by atoms with E-state index in [1.165, 1.54) is 16.7 Å². The number of carboxylic acids is 1. The molecule has 2 heterocycles. The summed E-state index contributed by atoms with van der Waals surface area (Å²) < 4.78 is 0. The maximum atomic E-state index is 13.6. The molecular formula is C30H35N3O3. The number of rotatable bonds is 4. The maximum Gasteiger partial charge on any atom is 0.335 e. The minimum atomic E-state index is -0.961. The van der Waals surface area contributed by atoms with Crippen molar-refractivity contribution >= 4 is 17.6 Å². The van der Waals surface area contributed by atoms with Crippen molar-refractivity contribution in [3.05, 3.63) is 94.3 Å². The number of amides is 1. The van der Waals surface area contributed by atoms with Crippen molar-refractivity contribution in [3.8, 4) is 0 Å². The average molecular weight is 486 g/mol. The molecule has 1 aliphatic heterocycles. The van der Waals surface area contributed by atoms with E-state index in [1.807, 2.05) is 4.90 Å². The van der Waals surface area contributed by atoms with E-state index in [0.717, 1.165) is 56.4 Å². The van der Waals surface area contributed by atoms with Crippen molar-refractivity contribution in [1.29, 1.82) is 0 Å². The Balaban J connectivity index is 1.74. The number of nitrogens with zero attached hydrogens (tertiary/aromatic N) is 3. The number of fused-ring (bicyclic) bond motifs is 1. The van der Waals surface area contributed by atoms with Crippen LogP contribution < -0.4 is 4.90 Å². The number of carbonyl (C=O) groups excluding carboxylic acids is 1. The molecule has 6 nitrogen and oxygen atoms in total. The van der Waals surface area contributed by atoms with Crippen molar-refractivity contribution in [1.82, 2.24) is 9.88 Å². The molecule has 36 heavy (non-hydrogen) atoms. The fourth-order valence-electron chi connectivity index (χ4n) is 5.10. The second-order valence-corrected chi connectivity index (χ2v) is 9.82. The highest BCUT2D eigenvalue weighted by Crippen LogP contribution is 2.28. The molecular weight excluding hydrogens is 450 g/mol. The van der Waals surface area contributed by atoms with Crippen LogP contribution in [0.25, 0.3) is 0 Å². The topological polar surface area (TPSA) is 73.7 Å². The third-order valence-electron chi connectivity index (χ3n) is 6.73. The lowest BCUT2D eigenvalue weighted by Crippen LogP contribution is -2.34.